The van der Waals surface area contributed by atoms with Crippen molar-refractivity contribution >= 4 is 39.1 Å². The highest BCUT2D eigenvalue weighted by molar-refractivity contribution is 7.89. The van der Waals surface area contributed by atoms with Crippen LogP contribution in [0.25, 0.3) is 0 Å². The summed E-state index contributed by atoms with van der Waals surface area (Å²) in [4.78, 5) is 26.4. The Morgan fingerprint density at radius 1 is 1.25 bits per heavy atom. The van der Waals surface area contributed by atoms with E-state index in [1.807, 2.05) is 0 Å². The molecule has 1 aromatic rings. The molecule has 1 aliphatic rings. The molecule has 1 N–H and O–H groups in total. The first-order valence-electron chi connectivity index (χ1n) is 9.62. The Hall–Kier alpha value is -1.64. The van der Waals surface area contributed by atoms with Crippen LogP contribution in [0.2, 0.25) is 5.02 Å². The van der Waals surface area contributed by atoms with Crippen LogP contribution in [0.1, 0.15) is 40.0 Å². The standard InChI is InChI=1S/C19H28ClN3O4S/c1-4-18(24)22-11-7-8-14(13-22)19(25)21-17-12-15(9-10-16(17)20)28(26,27)23(5-2)6-3/h9-10,12,14H,4-8,11,13H2,1-3H3,(H,21,25). The number of carbonyl (C=O) groups excluding carboxylic acids is 2. The summed E-state index contributed by atoms with van der Waals surface area (Å²) in [6, 6.07) is 4.31. The number of hydrogen-bond acceptors (Lipinski definition) is 4. The van der Waals surface area contributed by atoms with E-state index < -0.39 is 10.0 Å². The maximum Gasteiger partial charge on any atom is 0.243 e. The molecule has 0 bridgehead atoms. The van der Waals surface area contributed by atoms with Crippen LogP contribution in [0.5, 0.6) is 0 Å². The average Bonchev–Trinajstić information content (AvgIpc) is 2.69. The Morgan fingerprint density at radius 3 is 2.54 bits per heavy atom. The molecule has 0 aromatic heterocycles. The van der Waals surface area contributed by atoms with Crippen LogP contribution in [0, 0.1) is 5.92 Å². The first-order valence-corrected chi connectivity index (χ1v) is 11.4. The third kappa shape index (κ3) is 5.04. The summed E-state index contributed by atoms with van der Waals surface area (Å²) in [7, 11) is -3.65. The molecule has 1 fully saturated rings. The van der Waals surface area contributed by atoms with Crippen molar-refractivity contribution < 1.29 is 18.0 Å². The summed E-state index contributed by atoms with van der Waals surface area (Å²) in [5.41, 5.74) is 0.263. The van der Waals surface area contributed by atoms with E-state index in [0.717, 1.165) is 6.42 Å². The Balaban J connectivity index is 2.20. The fraction of sp³-hybridized carbons (Fsp3) is 0.579. The highest BCUT2D eigenvalue weighted by atomic mass is 35.5. The number of rotatable bonds is 7. The number of hydrogen-bond donors (Lipinski definition) is 1. The number of carbonyl (C=O) groups is 2. The lowest BCUT2D eigenvalue weighted by Crippen LogP contribution is -2.43. The normalized spacial score (nSPS) is 17.6. The Morgan fingerprint density at radius 2 is 1.93 bits per heavy atom. The molecule has 2 rings (SSSR count). The van der Waals surface area contributed by atoms with Crippen molar-refractivity contribution in [1.29, 1.82) is 0 Å². The van der Waals surface area contributed by atoms with Crippen LogP contribution in [0.3, 0.4) is 0 Å². The van der Waals surface area contributed by atoms with E-state index >= 15 is 0 Å². The number of piperidine rings is 1. The topological polar surface area (TPSA) is 86.8 Å². The van der Waals surface area contributed by atoms with Crippen molar-refractivity contribution in [3.63, 3.8) is 0 Å². The van der Waals surface area contributed by atoms with Crippen molar-refractivity contribution in [3.05, 3.63) is 23.2 Å². The molecule has 1 atom stereocenters. The van der Waals surface area contributed by atoms with Crippen molar-refractivity contribution in [2.45, 2.75) is 44.9 Å². The van der Waals surface area contributed by atoms with Gasteiger partial charge in [-0.15, -0.1) is 0 Å². The van der Waals surface area contributed by atoms with Crippen LogP contribution >= 0.6 is 11.6 Å². The van der Waals surface area contributed by atoms with Crippen LogP contribution in [-0.4, -0.2) is 55.6 Å². The van der Waals surface area contributed by atoms with Gasteiger partial charge in [-0.25, -0.2) is 8.42 Å². The SMILES string of the molecule is CCC(=O)N1CCCC(C(=O)Nc2cc(S(=O)(=O)N(CC)CC)ccc2Cl)C1. The zero-order valence-electron chi connectivity index (χ0n) is 16.6. The highest BCUT2D eigenvalue weighted by Gasteiger charge is 2.29. The summed E-state index contributed by atoms with van der Waals surface area (Å²) >= 11 is 6.19. The van der Waals surface area contributed by atoms with Crippen LogP contribution in [-0.2, 0) is 19.6 Å². The monoisotopic (exact) mass is 429 g/mol. The average molecular weight is 430 g/mol. The minimum atomic E-state index is -3.65. The molecule has 1 heterocycles. The lowest BCUT2D eigenvalue weighted by molar-refractivity contribution is -0.134. The number of nitrogens with one attached hydrogen (secondary N) is 1. The molecule has 1 aliphatic heterocycles. The van der Waals surface area contributed by atoms with E-state index in [0.29, 0.717) is 39.0 Å². The predicted molar refractivity (Wildman–Crippen MR) is 110 cm³/mol. The van der Waals surface area contributed by atoms with Crippen molar-refractivity contribution in [2.75, 3.05) is 31.5 Å². The zero-order chi connectivity index (χ0) is 20.9. The molecule has 9 heteroatoms. The number of amides is 2. The van der Waals surface area contributed by atoms with Crippen LogP contribution < -0.4 is 5.32 Å². The highest BCUT2D eigenvalue weighted by Crippen LogP contribution is 2.28. The minimum Gasteiger partial charge on any atom is -0.342 e. The van der Waals surface area contributed by atoms with Gasteiger partial charge in [0.05, 0.1) is 21.5 Å². The van der Waals surface area contributed by atoms with Gasteiger partial charge in [-0.1, -0.05) is 32.4 Å². The summed E-state index contributed by atoms with van der Waals surface area (Å²) in [6.07, 6.45) is 1.84. The van der Waals surface area contributed by atoms with E-state index in [9.17, 15) is 18.0 Å². The van der Waals surface area contributed by atoms with Gasteiger partial charge >= 0.3 is 0 Å². The number of sulfonamides is 1. The number of nitrogens with zero attached hydrogens (tertiary/aromatic N) is 2. The van der Waals surface area contributed by atoms with Crippen LogP contribution in [0.4, 0.5) is 5.69 Å². The molecule has 156 valence electrons. The molecule has 1 aromatic carbocycles. The molecule has 0 saturated carbocycles. The van der Waals surface area contributed by atoms with Gasteiger partial charge in [0.2, 0.25) is 21.8 Å². The Kier molecular flexibility index (Phi) is 7.86. The molecule has 28 heavy (non-hydrogen) atoms. The number of likely N-dealkylation sites (tertiary alicyclic amines) is 1. The van der Waals surface area contributed by atoms with Gasteiger partial charge in [-0.3, -0.25) is 9.59 Å². The molecular formula is C19H28ClN3O4S. The summed E-state index contributed by atoms with van der Waals surface area (Å²) in [5, 5.41) is 3.02. The van der Waals surface area contributed by atoms with Gasteiger partial charge < -0.3 is 10.2 Å². The second-order valence-electron chi connectivity index (χ2n) is 6.75. The van der Waals surface area contributed by atoms with E-state index in [1.165, 1.54) is 22.5 Å². The fourth-order valence-electron chi connectivity index (χ4n) is 3.35. The smallest absolute Gasteiger partial charge is 0.243 e. The van der Waals surface area contributed by atoms with Gasteiger partial charge in [-0.05, 0) is 31.0 Å². The van der Waals surface area contributed by atoms with Gasteiger partial charge in [0, 0.05) is 32.6 Å². The lowest BCUT2D eigenvalue weighted by Gasteiger charge is -2.32. The maximum absolute atomic E-state index is 12.7. The summed E-state index contributed by atoms with van der Waals surface area (Å²) < 4.78 is 26.8. The number of benzene rings is 1. The molecular weight excluding hydrogens is 402 g/mol. The number of anilines is 1. The fourth-order valence-corrected chi connectivity index (χ4v) is 5.00. The second-order valence-corrected chi connectivity index (χ2v) is 9.10. The molecule has 0 radical (unpaired) electrons. The van der Waals surface area contributed by atoms with E-state index in [4.69, 9.17) is 11.6 Å². The largest absolute Gasteiger partial charge is 0.342 e. The van der Waals surface area contributed by atoms with Gasteiger partial charge in [0.15, 0.2) is 0 Å². The maximum atomic E-state index is 12.7. The molecule has 2 amide bonds. The second kappa shape index (κ2) is 9.71. The summed E-state index contributed by atoms with van der Waals surface area (Å²) in [6.45, 7) is 7.08. The summed E-state index contributed by atoms with van der Waals surface area (Å²) in [5.74, 6) is -0.570. The minimum absolute atomic E-state index is 0.0304. The van der Waals surface area contributed by atoms with Crippen molar-refractivity contribution in [3.8, 4) is 0 Å². The Bertz CT molecular complexity index is 824. The zero-order valence-corrected chi connectivity index (χ0v) is 18.1. The Labute approximate surface area is 172 Å². The predicted octanol–water partition coefficient (Wildman–Crippen LogP) is 2.96. The molecule has 0 spiro atoms. The van der Waals surface area contributed by atoms with E-state index in [-0.39, 0.29) is 33.3 Å². The first kappa shape index (κ1) is 22.6. The van der Waals surface area contributed by atoms with Crippen molar-refractivity contribution in [2.24, 2.45) is 5.92 Å². The van der Waals surface area contributed by atoms with Gasteiger partial charge in [-0.2, -0.15) is 4.31 Å². The third-order valence-electron chi connectivity index (χ3n) is 4.99. The first-order chi connectivity index (χ1) is 13.2. The number of halogens is 1. The van der Waals surface area contributed by atoms with Crippen molar-refractivity contribution in [1.82, 2.24) is 9.21 Å². The molecule has 0 aliphatic carbocycles. The quantitative estimate of drug-likeness (QED) is 0.721. The molecule has 1 unspecified atom stereocenters. The van der Waals surface area contributed by atoms with Crippen LogP contribution in [0.15, 0.2) is 23.1 Å². The lowest BCUT2D eigenvalue weighted by atomic mass is 9.96. The molecule has 7 nitrogen and oxygen atoms in total. The van der Waals surface area contributed by atoms with E-state index in [2.05, 4.69) is 5.32 Å². The van der Waals surface area contributed by atoms with Gasteiger partial charge in [0.1, 0.15) is 0 Å². The third-order valence-corrected chi connectivity index (χ3v) is 7.36. The molecule has 1 saturated heterocycles. The van der Waals surface area contributed by atoms with E-state index in [1.54, 1.807) is 25.7 Å². The van der Waals surface area contributed by atoms with Gasteiger partial charge in [0.25, 0.3) is 0 Å².